The monoisotopic (exact) mass is 366 g/mol. The van der Waals surface area contributed by atoms with Crippen molar-refractivity contribution >= 4 is 46.3 Å². The molecule has 122 valence electrons. The van der Waals surface area contributed by atoms with E-state index < -0.39 is 11.6 Å². The fourth-order valence-electron chi connectivity index (χ4n) is 1.95. The highest BCUT2D eigenvalue weighted by atomic mass is 35.5. The van der Waals surface area contributed by atoms with Crippen molar-refractivity contribution in [1.29, 1.82) is 0 Å². The van der Waals surface area contributed by atoms with E-state index in [1.807, 2.05) is 0 Å². The standard InChI is InChI=1S/C16H10Cl2F2N4/c17-9-4-5-10(18)13(8-9)22-14-6-7-21-16(23-14)24-15-11(19)2-1-3-12(15)20/h1-8H,(H2,21,22,23,24). The second kappa shape index (κ2) is 6.98. The fourth-order valence-corrected chi connectivity index (χ4v) is 2.29. The number of anilines is 4. The fraction of sp³-hybridized carbons (Fsp3) is 0. The lowest BCUT2D eigenvalue weighted by molar-refractivity contribution is 0.590. The zero-order valence-electron chi connectivity index (χ0n) is 12.0. The Bertz CT molecular complexity index is 869. The molecule has 0 aliphatic heterocycles. The van der Waals surface area contributed by atoms with Crippen LogP contribution in [0.1, 0.15) is 0 Å². The van der Waals surface area contributed by atoms with Crippen LogP contribution in [0.4, 0.5) is 31.9 Å². The Hall–Kier alpha value is -2.44. The molecule has 2 aromatic carbocycles. The highest BCUT2D eigenvalue weighted by molar-refractivity contribution is 6.35. The first-order valence-corrected chi connectivity index (χ1v) is 7.54. The summed E-state index contributed by atoms with van der Waals surface area (Å²) in [6.07, 6.45) is 1.44. The summed E-state index contributed by atoms with van der Waals surface area (Å²) in [6, 6.07) is 10.1. The predicted octanol–water partition coefficient (Wildman–Crippen LogP) is 5.55. The number of para-hydroxylation sites is 1. The van der Waals surface area contributed by atoms with E-state index in [0.717, 1.165) is 12.1 Å². The van der Waals surface area contributed by atoms with Gasteiger partial charge < -0.3 is 10.6 Å². The zero-order valence-corrected chi connectivity index (χ0v) is 13.5. The summed E-state index contributed by atoms with van der Waals surface area (Å²) in [6.45, 7) is 0. The van der Waals surface area contributed by atoms with Crippen molar-refractivity contribution in [1.82, 2.24) is 9.97 Å². The summed E-state index contributed by atoms with van der Waals surface area (Å²) in [5, 5.41) is 6.45. The molecule has 0 amide bonds. The maximum Gasteiger partial charge on any atom is 0.229 e. The molecule has 0 saturated carbocycles. The Morgan fingerprint density at radius 1 is 0.917 bits per heavy atom. The molecule has 1 aromatic heterocycles. The number of hydrogen-bond donors (Lipinski definition) is 2. The first-order chi connectivity index (χ1) is 11.5. The smallest absolute Gasteiger partial charge is 0.229 e. The van der Waals surface area contributed by atoms with Gasteiger partial charge in [-0.1, -0.05) is 29.3 Å². The number of nitrogens with zero attached hydrogens (tertiary/aromatic N) is 2. The van der Waals surface area contributed by atoms with Crippen LogP contribution in [0, 0.1) is 11.6 Å². The number of hydrogen-bond acceptors (Lipinski definition) is 4. The number of halogens is 4. The van der Waals surface area contributed by atoms with Crippen LogP contribution in [0.15, 0.2) is 48.7 Å². The van der Waals surface area contributed by atoms with Crippen molar-refractivity contribution in [3.63, 3.8) is 0 Å². The van der Waals surface area contributed by atoms with Gasteiger partial charge in [-0.05, 0) is 36.4 Å². The largest absolute Gasteiger partial charge is 0.339 e. The lowest BCUT2D eigenvalue weighted by atomic mass is 10.3. The lowest BCUT2D eigenvalue weighted by Crippen LogP contribution is -2.03. The molecule has 3 aromatic rings. The Kier molecular flexibility index (Phi) is 4.78. The summed E-state index contributed by atoms with van der Waals surface area (Å²) in [5.74, 6) is -1.07. The molecule has 0 atom stereocenters. The molecule has 0 aliphatic carbocycles. The summed E-state index contributed by atoms with van der Waals surface area (Å²) in [5.41, 5.74) is 0.223. The van der Waals surface area contributed by atoms with Gasteiger partial charge in [0.2, 0.25) is 5.95 Å². The van der Waals surface area contributed by atoms with Gasteiger partial charge in [-0.25, -0.2) is 13.8 Å². The maximum absolute atomic E-state index is 13.7. The van der Waals surface area contributed by atoms with Crippen LogP contribution in [0.2, 0.25) is 10.0 Å². The molecule has 2 N–H and O–H groups in total. The first kappa shape index (κ1) is 16.4. The molecular formula is C16H10Cl2F2N4. The van der Waals surface area contributed by atoms with Crippen molar-refractivity contribution < 1.29 is 8.78 Å². The molecule has 0 aliphatic rings. The second-order valence-corrected chi connectivity index (χ2v) is 5.58. The SMILES string of the molecule is Fc1cccc(F)c1Nc1nccc(Nc2cc(Cl)ccc2Cl)n1. The number of aromatic nitrogens is 2. The third-order valence-electron chi connectivity index (χ3n) is 3.05. The minimum atomic E-state index is -0.741. The number of rotatable bonds is 4. The summed E-state index contributed by atoms with van der Waals surface area (Å²) in [7, 11) is 0. The van der Waals surface area contributed by atoms with Crippen LogP contribution in [0.25, 0.3) is 0 Å². The van der Waals surface area contributed by atoms with Gasteiger partial charge in [0.25, 0.3) is 0 Å². The van der Waals surface area contributed by atoms with E-state index >= 15 is 0 Å². The van der Waals surface area contributed by atoms with Crippen LogP contribution in [-0.2, 0) is 0 Å². The highest BCUT2D eigenvalue weighted by Gasteiger charge is 2.10. The third kappa shape index (κ3) is 3.72. The first-order valence-electron chi connectivity index (χ1n) is 6.79. The molecule has 0 fully saturated rings. The molecule has 4 nitrogen and oxygen atoms in total. The molecule has 8 heteroatoms. The van der Waals surface area contributed by atoms with Crippen molar-refractivity contribution in [3.05, 3.63) is 70.3 Å². The quantitative estimate of drug-likeness (QED) is 0.635. The van der Waals surface area contributed by atoms with Gasteiger partial charge in [0.05, 0.1) is 10.7 Å². The van der Waals surface area contributed by atoms with E-state index in [0.29, 0.717) is 21.6 Å². The van der Waals surface area contributed by atoms with Gasteiger partial charge in [-0.15, -0.1) is 0 Å². The summed E-state index contributed by atoms with van der Waals surface area (Å²) in [4.78, 5) is 8.09. The lowest BCUT2D eigenvalue weighted by Gasteiger charge is -2.10. The molecule has 0 bridgehead atoms. The Labute approximate surface area is 146 Å². The maximum atomic E-state index is 13.7. The molecule has 1 heterocycles. The minimum absolute atomic E-state index is 0.0298. The van der Waals surface area contributed by atoms with Gasteiger partial charge in [0, 0.05) is 11.2 Å². The van der Waals surface area contributed by atoms with E-state index in [1.165, 1.54) is 12.3 Å². The number of benzene rings is 2. The van der Waals surface area contributed by atoms with E-state index in [2.05, 4.69) is 20.6 Å². The van der Waals surface area contributed by atoms with Crippen LogP contribution in [-0.4, -0.2) is 9.97 Å². The van der Waals surface area contributed by atoms with Crippen LogP contribution >= 0.6 is 23.2 Å². The number of nitrogens with one attached hydrogen (secondary N) is 2. The molecule has 0 unspecified atom stereocenters. The summed E-state index contributed by atoms with van der Waals surface area (Å²) >= 11 is 12.0. The average molecular weight is 367 g/mol. The Balaban J connectivity index is 1.86. The van der Waals surface area contributed by atoms with Gasteiger partial charge in [-0.2, -0.15) is 4.98 Å². The zero-order chi connectivity index (χ0) is 17.1. The molecule has 0 saturated heterocycles. The molecule has 0 spiro atoms. The van der Waals surface area contributed by atoms with Gasteiger partial charge in [0.15, 0.2) is 0 Å². The molecular weight excluding hydrogens is 357 g/mol. The van der Waals surface area contributed by atoms with E-state index in [1.54, 1.807) is 24.3 Å². The van der Waals surface area contributed by atoms with Crippen molar-refractivity contribution in [2.75, 3.05) is 10.6 Å². The van der Waals surface area contributed by atoms with Crippen molar-refractivity contribution in [2.24, 2.45) is 0 Å². The van der Waals surface area contributed by atoms with Crippen LogP contribution in [0.5, 0.6) is 0 Å². The second-order valence-electron chi connectivity index (χ2n) is 4.74. The molecule has 24 heavy (non-hydrogen) atoms. The molecule has 3 rings (SSSR count). The predicted molar refractivity (Wildman–Crippen MR) is 91.4 cm³/mol. The van der Waals surface area contributed by atoms with Gasteiger partial charge in [0.1, 0.15) is 23.1 Å². The van der Waals surface area contributed by atoms with E-state index in [4.69, 9.17) is 23.2 Å². The summed E-state index contributed by atoms with van der Waals surface area (Å²) < 4.78 is 27.4. The Morgan fingerprint density at radius 2 is 1.67 bits per heavy atom. The van der Waals surface area contributed by atoms with Crippen molar-refractivity contribution in [3.8, 4) is 0 Å². The average Bonchev–Trinajstić information content (AvgIpc) is 2.55. The normalized spacial score (nSPS) is 10.5. The highest BCUT2D eigenvalue weighted by Crippen LogP contribution is 2.28. The van der Waals surface area contributed by atoms with Crippen molar-refractivity contribution in [2.45, 2.75) is 0 Å². The van der Waals surface area contributed by atoms with Crippen LogP contribution in [0.3, 0.4) is 0 Å². The Morgan fingerprint density at radius 3 is 2.42 bits per heavy atom. The topological polar surface area (TPSA) is 49.8 Å². The van der Waals surface area contributed by atoms with E-state index in [-0.39, 0.29) is 11.6 Å². The minimum Gasteiger partial charge on any atom is -0.339 e. The van der Waals surface area contributed by atoms with E-state index in [9.17, 15) is 8.78 Å². The van der Waals surface area contributed by atoms with Gasteiger partial charge in [-0.3, -0.25) is 0 Å². The third-order valence-corrected chi connectivity index (χ3v) is 3.61. The van der Waals surface area contributed by atoms with Crippen LogP contribution < -0.4 is 10.6 Å². The molecule has 0 radical (unpaired) electrons. The van der Waals surface area contributed by atoms with Gasteiger partial charge >= 0.3 is 0 Å².